The van der Waals surface area contributed by atoms with E-state index in [1.807, 2.05) is 32.3 Å². The minimum atomic E-state index is -0.547. The Kier molecular flexibility index (Phi) is 11.3. The van der Waals surface area contributed by atoms with E-state index >= 15 is 0 Å². The number of aryl methyl sites for hydroxylation is 1. The fourth-order valence-corrected chi connectivity index (χ4v) is 4.58. The average molecular weight is 602 g/mol. The molecule has 218 valence electrons. The van der Waals surface area contributed by atoms with E-state index in [9.17, 15) is 9.59 Å². The molecular formula is C29H34Cl2N6O4. The lowest BCUT2D eigenvalue weighted by Gasteiger charge is -2.20. The number of benzene rings is 2. The van der Waals surface area contributed by atoms with E-state index in [1.54, 1.807) is 13.1 Å². The first-order chi connectivity index (χ1) is 19.6. The quantitative estimate of drug-likeness (QED) is 0.257. The van der Waals surface area contributed by atoms with Gasteiger partial charge < -0.3 is 25.0 Å². The van der Waals surface area contributed by atoms with Crippen molar-refractivity contribution < 1.29 is 19.1 Å². The molecule has 0 bridgehead atoms. The highest BCUT2D eigenvalue weighted by atomic mass is 35.5. The Bertz CT molecular complexity index is 1390. The van der Waals surface area contributed by atoms with Gasteiger partial charge in [-0.05, 0) is 56.8 Å². The minimum Gasteiger partial charge on any atom is -0.495 e. The van der Waals surface area contributed by atoms with Crippen LogP contribution < -0.4 is 25.0 Å². The van der Waals surface area contributed by atoms with Crippen molar-refractivity contribution in [2.75, 3.05) is 57.4 Å². The summed E-state index contributed by atoms with van der Waals surface area (Å²) in [4.78, 5) is 37.4. The predicted octanol–water partition coefficient (Wildman–Crippen LogP) is 5.68. The summed E-state index contributed by atoms with van der Waals surface area (Å²) in [6.45, 7) is 4.52. The second-order valence-electron chi connectivity index (χ2n) is 9.41. The normalized spacial score (nSPS) is 10.7. The van der Waals surface area contributed by atoms with Crippen LogP contribution in [-0.2, 0) is 17.6 Å². The zero-order valence-electron chi connectivity index (χ0n) is 23.8. The van der Waals surface area contributed by atoms with Gasteiger partial charge in [-0.2, -0.15) is 0 Å². The summed E-state index contributed by atoms with van der Waals surface area (Å²) in [7, 11) is 8.52. The Morgan fingerprint density at radius 1 is 1.00 bits per heavy atom. The van der Waals surface area contributed by atoms with Gasteiger partial charge in [0.15, 0.2) is 0 Å². The number of nitrogens with zero attached hydrogens (tertiary/aromatic N) is 4. The van der Waals surface area contributed by atoms with Gasteiger partial charge >= 0.3 is 6.03 Å². The van der Waals surface area contributed by atoms with E-state index in [4.69, 9.17) is 32.7 Å². The van der Waals surface area contributed by atoms with Gasteiger partial charge in [0.25, 0.3) is 0 Å². The molecule has 0 atom stereocenters. The molecular weight excluding hydrogens is 567 g/mol. The SMILES string of the molecule is C=CC(=O)Nc1cc(CCCN(C)C)ccc1Cc1cc(N(C)C(=O)Nc2c(Cl)c(OC)cc(OC)c2Cl)ncn1. The smallest absolute Gasteiger partial charge is 0.327 e. The van der Waals surface area contributed by atoms with Crippen LogP contribution in [-0.4, -0.2) is 68.7 Å². The first kappa shape index (κ1) is 31.7. The Balaban J connectivity index is 1.83. The van der Waals surface area contributed by atoms with E-state index < -0.39 is 6.03 Å². The van der Waals surface area contributed by atoms with Gasteiger partial charge in [-0.3, -0.25) is 9.69 Å². The first-order valence-corrected chi connectivity index (χ1v) is 13.5. The van der Waals surface area contributed by atoms with Crippen LogP contribution in [0.1, 0.15) is 23.2 Å². The van der Waals surface area contributed by atoms with Gasteiger partial charge in [0.2, 0.25) is 5.91 Å². The van der Waals surface area contributed by atoms with E-state index in [-0.39, 0.29) is 21.6 Å². The number of aromatic nitrogens is 2. The molecule has 0 unspecified atom stereocenters. The number of hydrogen-bond donors (Lipinski definition) is 2. The largest absolute Gasteiger partial charge is 0.495 e. The maximum atomic E-state index is 13.2. The Hall–Kier alpha value is -3.86. The lowest BCUT2D eigenvalue weighted by atomic mass is 10.0. The zero-order valence-corrected chi connectivity index (χ0v) is 25.3. The van der Waals surface area contributed by atoms with Crippen molar-refractivity contribution >= 4 is 52.3 Å². The lowest BCUT2D eigenvalue weighted by Crippen LogP contribution is -2.32. The van der Waals surface area contributed by atoms with Gasteiger partial charge in [0.1, 0.15) is 33.7 Å². The van der Waals surface area contributed by atoms with Crippen molar-refractivity contribution in [3.63, 3.8) is 0 Å². The molecule has 0 aliphatic carbocycles. The van der Waals surface area contributed by atoms with Crippen LogP contribution in [0.3, 0.4) is 0 Å². The number of hydrogen-bond acceptors (Lipinski definition) is 7. The summed E-state index contributed by atoms with van der Waals surface area (Å²) in [5, 5.41) is 5.86. The summed E-state index contributed by atoms with van der Waals surface area (Å²) < 4.78 is 10.5. The van der Waals surface area contributed by atoms with Crippen LogP contribution in [0, 0.1) is 0 Å². The van der Waals surface area contributed by atoms with Crippen LogP contribution in [0.15, 0.2) is 49.3 Å². The van der Waals surface area contributed by atoms with Crippen LogP contribution in [0.2, 0.25) is 10.0 Å². The van der Waals surface area contributed by atoms with Crippen molar-refractivity contribution in [1.29, 1.82) is 0 Å². The molecule has 0 spiro atoms. The zero-order chi connectivity index (χ0) is 30.1. The molecule has 3 rings (SSSR count). The number of methoxy groups -OCH3 is 2. The number of urea groups is 1. The monoisotopic (exact) mass is 600 g/mol. The number of rotatable bonds is 12. The molecule has 41 heavy (non-hydrogen) atoms. The number of halogens is 2. The van der Waals surface area contributed by atoms with Gasteiger partial charge in [0, 0.05) is 31.3 Å². The standard InChI is InChI=1S/C29H34Cl2N6O4/c1-7-25(38)34-21-13-18(9-8-12-36(2)3)10-11-19(21)14-20-15-24(33-17-32-20)37(4)29(39)35-28-26(30)22(40-5)16-23(41-6)27(28)31/h7,10-11,13,15-17H,1,8-9,12,14H2,2-6H3,(H,34,38)(H,35,39). The molecule has 0 aliphatic heterocycles. The Morgan fingerprint density at radius 3 is 2.29 bits per heavy atom. The molecule has 2 N–H and O–H groups in total. The number of nitrogens with one attached hydrogen (secondary N) is 2. The molecule has 0 radical (unpaired) electrons. The molecule has 1 aromatic heterocycles. The van der Waals surface area contributed by atoms with Crippen molar-refractivity contribution in [3.05, 3.63) is 76.2 Å². The fourth-order valence-electron chi connectivity index (χ4n) is 3.98. The molecule has 1 heterocycles. The summed E-state index contributed by atoms with van der Waals surface area (Å²) >= 11 is 12.8. The topological polar surface area (TPSA) is 109 Å². The van der Waals surface area contributed by atoms with Gasteiger partial charge in [-0.25, -0.2) is 14.8 Å². The third-order valence-electron chi connectivity index (χ3n) is 6.22. The van der Waals surface area contributed by atoms with E-state index in [0.717, 1.165) is 30.5 Å². The number of carbonyl (C=O) groups excluding carboxylic acids is 2. The predicted molar refractivity (Wildman–Crippen MR) is 164 cm³/mol. The lowest BCUT2D eigenvalue weighted by molar-refractivity contribution is -0.111. The summed E-state index contributed by atoms with van der Waals surface area (Å²) in [5.41, 5.74) is 3.43. The van der Waals surface area contributed by atoms with Crippen LogP contribution >= 0.6 is 23.2 Å². The fraction of sp³-hybridized carbons (Fsp3) is 0.310. The molecule has 10 nitrogen and oxygen atoms in total. The van der Waals surface area contributed by atoms with E-state index in [1.165, 1.54) is 37.6 Å². The van der Waals surface area contributed by atoms with Gasteiger partial charge in [-0.15, -0.1) is 0 Å². The van der Waals surface area contributed by atoms with E-state index in [0.29, 0.717) is 35.1 Å². The van der Waals surface area contributed by atoms with Crippen LogP contribution in [0.5, 0.6) is 11.5 Å². The molecule has 12 heteroatoms. The minimum absolute atomic E-state index is 0.127. The molecule has 0 fully saturated rings. The number of ether oxygens (including phenoxy) is 2. The third kappa shape index (κ3) is 8.32. The Labute approximate surface area is 250 Å². The van der Waals surface area contributed by atoms with E-state index in [2.05, 4.69) is 32.1 Å². The highest BCUT2D eigenvalue weighted by Gasteiger charge is 2.22. The van der Waals surface area contributed by atoms with Crippen LogP contribution in [0.4, 0.5) is 22.0 Å². The molecule has 0 saturated carbocycles. The second-order valence-corrected chi connectivity index (χ2v) is 10.2. The Morgan fingerprint density at radius 2 is 1.68 bits per heavy atom. The van der Waals surface area contributed by atoms with Gasteiger partial charge in [0.05, 0.1) is 25.6 Å². The highest BCUT2D eigenvalue weighted by Crippen LogP contribution is 2.44. The summed E-state index contributed by atoms with van der Waals surface area (Å²) in [6.07, 6.45) is 4.86. The summed E-state index contributed by atoms with van der Waals surface area (Å²) in [6, 6.07) is 8.68. The molecule has 0 saturated heterocycles. The maximum absolute atomic E-state index is 13.2. The van der Waals surface area contributed by atoms with Crippen LogP contribution in [0.25, 0.3) is 0 Å². The number of anilines is 3. The third-order valence-corrected chi connectivity index (χ3v) is 6.97. The molecule has 3 aromatic rings. The molecule has 0 aliphatic rings. The van der Waals surface area contributed by atoms with Crippen molar-refractivity contribution in [1.82, 2.24) is 14.9 Å². The van der Waals surface area contributed by atoms with Gasteiger partial charge in [-0.1, -0.05) is 41.9 Å². The van der Waals surface area contributed by atoms with Crippen molar-refractivity contribution in [2.45, 2.75) is 19.3 Å². The maximum Gasteiger partial charge on any atom is 0.327 e. The molecule has 2 aromatic carbocycles. The van der Waals surface area contributed by atoms with Crippen molar-refractivity contribution in [3.8, 4) is 11.5 Å². The second kappa shape index (κ2) is 14.7. The number of carbonyl (C=O) groups is 2. The highest BCUT2D eigenvalue weighted by molar-refractivity contribution is 6.41. The first-order valence-electron chi connectivity index (χ1n) is 12.7. The average Bonchev–Trinajstić information content (AvgIpc) is 2.96. The summed E-state index contributed by atoms with van der Waals surface area (Å²) in [5.74, 6) is 0.617. The van der Waals surface area contributed by atoms with Crippen molar-refractivity contribution in [2.24, 2.45) is 0 Å². The number of amides is 3. The molecule has 3 amide bonds.